The van der Waals surface area contributed by atoms with Crippen molar-refractivity contribution in [1.82, 2.24) is 4.90 Å². The molecule has 0 aliphatic heterocycles. The van der Waals surface area contributed by atoms with Crippen LogP contribution in [0.15, 0.2) is 69.9 Å². The summed E-state index contributed by atoms with van der Waals surface area (Å²) in [5.41, 5.74) is 1.95. The van der Waals surface area contributed by atoms with Crippen molar-refractivity contribution >= 4 is 11.6 Å². The summed E-state index contributed by atoms with van der Waals surface area (Å²) in [4.78, 5) is 14.3. The highest BCUT2D eigenvalue weighted by atomic mass is 16.3. The molecule has 1 amide bonds. The highest BCUT2D eigenvalue weighted by Crippen LogP contribution is 2.12. The number of benzene rings is 1. The fraction of sp³-hybridized carbons (Fsp3) is 0.211. The summed E-state index contributed by atoms with van der Waals surface area (Å²) in [5, 5.41) is 2.92. The van der Waals surface area contributed by atoms with Gasteiger partial charge < -0.3 is 14.2 Å². The minimum atomic E-state index is -0.0723. The molecule has 24 heavy (non-hydrogen) atoms. The molecule has 1 aromatic carbocycles. The largest absolute Gasteiger partial charge is 0.468 e. The van der Waals surface area contributed by atoms with Gasteiger partial charge in [0.1, 0.15) is 11.5 Å². The molecule has 0 fully saturated rings. The fourth-order valence-corrected chi connectivity index (χ4v) is 2.45. The smallest absolute Gasteiger partial charge is 0.238 e. The predicted octanol–water partition coefficient (Wildman–Crippen LogP) is 3.82. The molecule has 2 aromatic heterocycles. The van der Waals surface area contributed by atoms with Gasteiger partial charge in [0.15, 0.2) is 0 Å². The van der Waals surface area contributed by atoms with E-state index in [1.807, 2.05) is 60.4 Å². The van der Waals surface area contributed by atoms with E-state index in [1.165, 1.54) is 0 Å². The average Bonchev–Trinajstić information content (AvgIpc) is 3.23. The molecule has 3 aromatic rings. The molecule has 0 spiro atoms. The molecule has 0 atom stereocenters. The van der Waals surface area contributed by atoms with Crippen LogP contribution in [0.25, 0.3) is 0 Å². The Morgan fingerprint density at radius 3 is 2.04 bits per heavy atom. The van der Waals surface area contributed by atoms with E-state index in [0.29, 0.717) is 13.1 Å². The first-order valence-corrected chi connectivity index (χ1v) is 7.83. The topological polar surface area (TPSA) is 58.6 Å². The first-order chi connectivity index (χ1) is 11.7. The molecule has 0 unspecified atom stereocenters. The SMILES string of the molecule is Cc1ccc(NC(=O)CN(Cc2ccco2)Cc2ccco2)cc1. The van der Waals surface area contributed by atoms with Gasteiger partial charge in [0.25, 0.3) is 0 Å². The van der Waals surface area contributed by atoms with E-state index < -0.39 is 0 Å². The quantitative estimate of drug-likeness (QED) is 0.718. The molecule has 5 nitrogen and oxygen atoms in total. The minimum absolute atomic E-state index is 0.0723. The highest BCUT2D eigenvalue weighted by Gasteiger charge is 2.15. The zero-order valence-electron chi connectivity index (χ0n) is 13.6. The van der Waals surface area contributed by atoms with Gasteiger partial charge in [-0.3, -0.25) is 9.69 Å². The van der Waals surface area contributed by atoms with Gasteiger partial charge in [-0.05, 0) is 43.3 Å². The number of amides is 1. The van der Waals surface area contributed by atoms with Crippen LogP contribution in [0.2, 0.25) is 0 Å². The third-order valence-electron chi connectivity index (χ3n) is 3.62. The van der Waals surface area contributed by atoms with Crippen LogP contribution in [-0.2, 0) is 17.9 Å². The third kappa shape index (κ3) is 4.60. The predicted molar refractivity (Wildman–Crippen MR) is 91.3 cm³/mol. The van der Waals surface area contributed by atoms with Crippen LogP contribution < -0.4 is 5.32 Å². The van der Waals surface area contributed by atoms with Crippen LogP contribution in [0.1, 0.15) is 17.1 Å². The lowest BCUT2D eigenvalue weighted by Crippen LogP contribution is -2.32. The van der Waals surface area contributed by atoms with Gasteiger partial charge >= 0.3 is 0 Å². The Balaban J connectivity index is 1.63. The number of aryl methyl sites for hydroxylation is 1. The van der Waals surface area contributed by atoms with Crippen LogP contribution in [0.5, 0.6) is 0 Å². The monoisotopic (exact) mass is 324 g/mol. The Kier molecular flexibility index (Phi) is 5.13. The van der Waals surface area contributed by atoms with E-state index in [9.17, 15) is 4.79 Å². The molecule has 2 heterocycles. The van der Waals surface area contributed by atoms with Crippen molar-refractivity contribution < 1.29 is 13.6 Å². The Morgan fingerprint density at radius 2 is 1.54 bits per heavy atom. The van der Waals surface area contributed by atoms with Gasteiger partial charge in [-0.2, -0.15) is 0 Å². The number of carbonyl (C=O) groups excluding carboxylic acids is 1. The normalized spacial score (nSPS) is 10.9. The number of hydrogen-bond acceptors (Lipinski definition) is 4. The number of furan rings is 2. The molecule has 5 heteroatoms. The van der Waals surface area contributed by atoms with Crippen molar-refractivity contribution in [2.45, 2.75) is 20.0 Å². The Labute approximate surface area is 140 Å². The van der Waals surface area contributed by atoms with Crippen molar-refractivity contribution in [3.8, 4) is 0 Å². The van der Waals surface area contributed by atoms with Crippen LogP contribution >= 0.6 is 0 Å². The average molecular weight is 324 g/mol. The molecular weight excluding hydrogens is 304 g/mol. The van der Waals surface area contributed by atoms with Crippen molar-refractivity contribution in [2.24, 2.45) is 0 Å². The van der Waals surface area contributed by atoms with Gasteiger partial charge in [-0.1, -0.05) is 17.7 Å². The van der Waals surface area contributed by atoms with E-state index in [4.69, 9.17) is 8.83 Å². The van der Waals surface area contributed by atoms with Gasteiger partial charge in [0, 0.05) is 5.69 Å². The summed E-state index contributed by atoms with van der Waals surface area (Å²) in [6, 6.07) is 15.2. The number of carbonyl (C=O) groups is 1. The lowest BCUT2D eigenvalue weighted by atomic mass is 10.2. The van der Waals surface area contributed by atoms with Gasteiger partial charge in [-0.25, -0.2) is 0 Å². The number of anilines is 1. The van der Waals surface area contributed by atoms with Gasteiger partial charge in [0.2, 0.25) is 5.91 Å². The van der Waals surface area contributed by atoms with Crippen molar-refractivity contribution in [3.05, 3.63) is 78.1 Å². The van der Waals surface area contributed by atoms with Crippen LogP contribution in [0.3, 0.4) is 0 Å². The lowest BCUT2D eigenvalue weighted by Gasteiger charge is -2.19. The van der Waals surface area contributed by atoms with E-state index in [0.717, 1.165) is 22.8 Å². The third-order valence-corrected chi connectivity index (χ3v) is 3.62. The minimum Gasteiger partial charge on any atom is -0.468 e. The first-order valence-electron chi connectivity index (χ1n) is 7.83. The van der Waals surface area contributed by atoms with Crippen molar-refractivity contribution in [1.29, 1.82) is 0 Å². The van der Waals surface area contributed by atoms with Crippen molar-refractivity contribution in [3.63, 3.8) is 0 Å². The molecule has 0 aliphatic carbocycles. The highest BCUT2D eigenvalue weighted by molar-refractivity contribution is 5.92. The summed E-state index contributed by atoms with van der Waals surface area (Å²) in [7, 11) is 0. The summed E-state index contributed by atoms with van der Waals surface area (Å²) in [6.45, 7) is 3.33. The molecule has 124 valence electrons. The van der Waals surface area contributed by atoms with Crippen molar-refractivity contribution in [2.75, 3.05) is 11.9 Å². The fourth-order valence-electron chi connectivity index (χ4n) is 2.45. The molecule has 0 aliphatic rings. The zero-order chi connectivity index (χ0) is 16.8. The number of nitrogens with zero attached hydrogens (tertiary/aromatic N) is 1. The molecule has 0 bridgehead atoms. The summed E-state index contributed by atoms with van der Waals surface area (Å²) >= 11 is 0. The van der Waals surface area contributed by atoms with E-state index in [-0.39, 0.29) is 12.5 Å². The summed E-state index contributed by atoms with van der Waals surface area (Å²) in [6.07, 6.45) is 3.26. The van der Waals surface area contributed by atoms with Crippen LogP contribution in [0.4, 0.5) is 5.69 Å². The van der Waals surface area contributed by atoms with Gasteiger partial charge in [-0.15, -0.1) is 0 Å². The Morgan fingerprint density at radius 1 is 0.958 bits per heavy atom. The molecule has 0 saturated heterocycles. The maximum absolute atomic E-state index is 12.4. The lowest BCUT2D eigenvalue weighted by molar-refractivity contribution is -0.117. The summed E-state index contributed by atoms with van der Waals surface area (Å²) in [5.74, 6) is 1.55. The number of rotatable bonds is 7. The van der Waals surface area contributed by atoms with Gasteiger partial charge in [0.05, 0.1) is 32.2 Å². The van der Waals surface area contributed by atoms with E-state index >= 15 is 0 Å². The van der Waals surface area contributed by atoms with E-state index in [1.54, 1.807) is 12.5 Å². The number of nitrogens with one attached hydrogen (secondary N) is 1. The molecule has 0 radical (unpaired) electrons. The van der Waals surface area contributed by atoms with Crippen LogP contribution in [-0.4, -0.2) is 17.4 Å². The number of hydrogen-bond donors (Lipinski definition) is 1. The van der Waals surface area contributed by atoms with E-state index in [2.05, 4.69) is 5.32 Å². The molecule has 1 N–H and O–H groups in total. The second-order valence-corrected chi connectivity index (χ2v) is 5.72. The molecule has 0 saturated carbocycles. The first kappa shape index (κ1) is 16.1. The standard InChI is InChI=1S/C19H20N2O3/c1-15-6-8-16(9-7-15)20-19(22)14-21(12-17-4-2-10-23-17)13-18-5-3-11-24-18/h2-11H,12-14H2,1H3,(H,20,22). The Bertz CT molecular complexity index is 710. The van der Waals surface area contributed by atoms with Crippen LogP contribution in [0, 0.1) is 6.92 Å². The molecule has 3 rings (SSSR count). The summed E-state index contributed by atoms with van der Waals surface area (Å²) < 4.78 is 10.8. The maximum Gasteiger partial charge on any atom is 0.238 e. The maximum atomic E-state index is 12.4. The molecular formula is C19H20N2O3. The second-order valence-electron chi connectivity index (χ2n) is 5.72. The second kappa shape index (κ2) is 7.66. The zero-order valence-corrected chi connectivity index (χ0v) is 13.6. The Hall–Kier alpha value is -2.79.